The molecule has 0 spiro atoms. The Kier molecular flexibility index (Phi) is 4.97. The quantitative estimate of drug-likeness (QED) is 0.798. The van der Waals surface area contributed by atoms with Crippen molar-refractivity contribution in [2.75, 3.05) is 39.5 Å². The third-order valence-electron chi connectivity index (χ3n) is 4.24. The first-order chi connectivity index (χ1) is 8.18. The smallest absolute Gasteiger partial charge is 0.0910 e. The number of piperidine rings is 2. The Balaban J connectivity index is 1.79. The third-order valence-corrected chi connectivity index (χ3v) is 5.35. The molecule has 2 aliphatic rings. The van der Waals surface area contributed by atoms with Gasteiger partial charge in [-0.3, -0.25) is 0 Å². The minimum atomic E-state index is -0.819. The van der Waals surface area contributed by atoms with Crippen LogP contribution in [0.2, 0.25) is 0 Å². The number of rotatable bonds is 3. The normalized spacial score (nSPS) is 27.5. The highest BCUT2D eigenvalue weighted by atomic mass is 32.2. The van der Waals surface area contributed by atoms with Crippen molar-refractivity contribution >= 4 is 11.0 Å². The molecule has 0 amide bonds. The van der Waals surface area contributed by atoms with Crippen molar-refractivity contribution in [2.24, 2.45) is 0 Å². The second kappa shape index (κ2) is 6.27. The molecule has 1 N–H and O–H groups in total. The molecule has 17 heavy (non-hydrogen) atoms. The summed E-state index contributed by atoms with van der Waals surface area (Å²) >= 11 is 0. The molecule has 2 aliphatic heterocycles. The highest BCUT2D eigenvalue weighted by molar-refractivity contribution is 7.81. The highest BCUT2D eigenvalue weighted by Gasteiger charge is 2.28. The number of likely N-dealkylation sites (tertiary alicyclic amines) is 1. The number of hydrogen-bond acceptors (Lipinski definition) is 3. The maximum atomic E-state index is 11.4. The average molecular weight is 259 g/mol. The molecule has 1 atom stereocenters. The molecule has 0 aromatic heterocycles. The Hall–Kier alpha value is 0.0300. The zero-order chi connectivity index (χ0) is 12.3. The largest absolute Gasteiger partial charge is 0.317 e. The fourth-order valence-electron chi connectivity index (χ4n) is 3.00. The van der Waals surface area contributed by atoms with Crippen molar-refractivity contribution in [3.05, 3.63) is 0 Å². The molecule has 5 heteroatoms. The van der Waals surface area contributed by atoms with Crippen molar-refractivity contribution in [3.63, 3.8) is 0 Å². The van der Waals surface area contributed by atoms with Gasteiger partial charge in [-0.25, -0.2) is 8.51 Å². The van der Waals surface area contributed by atoms with E-state index in [9.17, 15) is 4.21 Å². The molecule has 100 valence electrons. The number of nitrogens with zero attached hydrogens (tertiary/aromatic N) is 2. The molecule has 2 saturated heterocycles. The van der Waals surface area contributed by atoms with Gasteiger partial charge >= 0.3 is 0 Å². The van der Waals surface area contributed by atoms with Crippen LogP contribution in [-0.4, -0.2) is 65.0 Å². The van der Waals surface area contributed by atoms with E-state index in [2.05, 4.69) is 10.2 Å². The summed E-state index contributed by atoms with van der Waals surface area (Å²) in [5.41, 5.74) is 0. The molecule has 0 aliphatic carbocycles. The van der Waals surface area contributed by atoms with Gasteiger partial charge in [-0.15, -0.1) is 0 Å². The van der Waals surface area contributed by atoms with E-state index in [0.717, 1.165) is 6.04 Å². The Morgan fingerprint density at radius 2 is 1.76 bits per heavy atom. The van der Waals surface area contributed by atoms with Crippen molar-refractivity contribution in [2.45, 2.75) is 37.8 Å². The molecule has 0 aromatic carbocycles. The van der Waals surface area contributed by atoms with Gasteiger partial charge in [-0.2, -0.15) is 0 Å². The van der Waals surface area contributed by atoms with Gasteiger partial charge in [0.25, 0.3) is 0 Å². The summed E-state index contributed by atoms with van der Waals surface area (Å²) in [6, 6.07) is 1.30. The molecule has 4 nitrogen and oxygen atoms in total. The van der Waals surface area contributed by atoms with Gasteiger partial charge in [-0.1, -0.05) is 0 Å². The first-order valence-corrected chi connectivity index (χ1v) is 8.21. The maximum absolute atomic E-state index is 11.4. The zero-order valence-corrected chi connectivity index (χ0v) is 11.8. The Morgan fingerprint density at radius 1 is 1.18 bits per heavy atom. The van der Waals surface area contributed by atoms with Gasteiger partial charge in [0, 0.05) is 25.4 Å². The standard InChI is InChI=1S/C12H25N3OS/c1-14(17(2)16)11-5-9-15(10-6-11)12-3-7-13-8-4-12/h11-13H,3-10H2,1-2H3. The van der Waals surface area contributed by atoms with Crippen LogP contribution in [0.1, 0.15) is 25.7 Å². The lowest BCUT2D eigenvalue weighted by Crippen LogP contribution is -2.50. The number of nitrogens with one attached hydrogen (secondary N) is 1. The topological polar surface area (TPSA) is 35.6 Å². The highest BCUT2D eigenvalue weighted by Crippen LogP contribution is 2.21. The molecule has 0 aromatic rings. The van der Waals surface area contributed by atoms with Crippen LogP contribution >= 0.6 is 0 Å². The van der Waals surface area contributed by atoms with Crippen molar-refractivity contribution < 1.29 is 4.21 Å². The van der Waals surface area contributed by atoms with Crippen LogP contribution in [0.3, 0.4) is 0 Å². The summed E-state index contributed by atoms with van der Waals surface area (Å²) in [4.78, 5) is 2.64. The molecule has 2 heterocycles. The predicted octanol–water partition coefficient (Wildman–Crippen LogP) is 0.428. The van der Waals surface area contributed by atoms with Crippen LogP contribution in [0.5, 0.6) is 0 Å². The SMILES string of the molecule is CN(C1CCN(C2CCNCC2)CC1)S(C)=O. The summed E-state index contributed by atoms with van der Waals surface area (Å²) in [6.45, 7) is 4.70. The van der Waals surface area contributed by atoms with Crippen LogP contribution in [0.4, 0.5) is 0 Å². The number of hydrogen-bond donors (Lipinski definition) is 1. The molecule has 2 rings (SSSR count). The van der Waals surface area contributed by atoms with Crippen molar-refractivity contribution in [1.29, 1.82) is 0 Å². The van der Waals surface area contributed by atoms with Gasteiger partial charge in [-0.05, 0) is 51.9 Å². The van der Waals surface area contributed by atoms with E-state index in [4.69, 9.17) is 0 Å². The minimum absolute atomic E-state index is 0.513. The minimum Gasteiger partial charge on any atom is -0.317 e. The molecule has 2 fully saturated rings. The zero-order valence-electron chi connectivity index (χ0n) is 11.0. The van der Waals surface area contributed by atoms with E-state index in [1.54, 1.807) is 6.26 Å². The van der Waals surface area contributed by atoms with Crippen LogP contribution in [0.15, 0.2) is 0 Å². The summed E-state index contributed by atoms with van der Waals surface area (Å²) in [6.07, 6.45) is 6.69. The molecule has 0 bridgehead atoms. The molecular formula is C12H25N3OS. The average Bonchev–Trinajstić information content (AvgIpc) is 2.39. The van der Waals surface area contributed by atoms with E-state index >= 15 is 0 Å². The first-order valence-electron chi connectivity index (χ1n) is 6.69. The Morgan fingerprint density at radius 3 is 2.29 bits per heavy atom. The fourth-order valence-corrected chi connectivity index (χ4v) is 3.63. The summed E-state index contributed by atoms with van der Waals surface area (Å²) in [7, 11) is 1.17. The molecular weight excluding hydrogens is 234 g/mol. The first kappa shape index (κ1) is 13.5. The van der Waals surface area contributed by atoms with E-state index in [1.807, 2.05) is 11.4 Å². The van der Waals surface area contributed by atoms with E-state index in [-0.39, 0.29) is 0 Å². The van der Waals surface area contributed by atoms with E-state index in [1.165, 1.54) is 51.9 Å². The Labute approximate surface area is 107 Å². The van der Waals surface area contributed by atoms with Crippen molar-refractivity contribution in [3.8, 4) is 0 Å². The lowest BCUT2D eigenvalue weighted by atomic mass is 9.99. The molecule has 0 radical (unpaired) electrons. The lowest BCUT2D eigenvalue weighted by Gasteiger charge is -2.41. The molecule has 0 saturated carbocycles. The van der Waals surface area contributed by atoms with Crippen molar-refractivity contribution in [1.82, 2.24) is 14.5 Å². The van der Waals surface area contributed by atoms with Crippen LogP contribution in [0.25, 0.3) is 0 Å². The summed E-state index contributed by atoms with van der Waals surface area (Å²) in [5, 5.41) is 3.42. The second-order valence-electron chi connectivity index (χ2n) is 5.22. The summed E-state index contributed by atoms with van der Waals surface area (Å²) in [5.74, 6) is 0. The maximum Gasteiger partial charge on any atom is 0.0910 e. The van der Waals surface area contributed by atoms with Gasteiger partial charge in [0.05, 0.1) is 11.0 Å². The predicted molar refractivity (Wildman–Crippen MR) is 72.3 cm³/mol. The lowest BCUT2D eigenvalue weighted by molar-refractivity contribution is 0.107. The van der Waals surface area contributed by atoms with Gasteiger partial charge < -0.3 is 10.2 Å². The van der Waals surface area contributed by atoms with E-state index < -0.39 is 11.0 Å². The van der Waals surface area contributed by atoms with Crippen LogP contribution < -0.4 is 5.32 Å². The third kappa shape index (κ3) is 3.50. The fraction of sp³-hybridized carbons (Fsp3) is 1.00. The van der Waals surface area contributed by atoms with Gasteiger partial charge in [0.1, 0.15) is 0 Å². The summed E-state index contributed by atoms with van der Waals surface area (Å²) < 4.78 is 13.5. The monoisotopic (exact) mass is 259 g/mol. The second-order valence-corrected chi connectivity index (χ2v) is 6.64. The molecule has 1 unspecified atom stereocenters. The Bertz CT molecular complexity index is 260. The van der Waals surface area contributed by atoms with Gasteiger partial charge in [0.15, 0.2) is 0 Å². The van der Waals surface area contributed by atoms with E-state index in [0.29, 0.717) is 6.04 Å². The van der Waals surface area contributed by atoms with Gasteiger partial charge in [0.2, 0.25) is 0 Å². The van der Waals surface area contributed by atoms with Crippen LogP contribution in [0, 0.1) is 0 Å². The van der Waals surface area contributed by atoms with Crippen LogP contribution in [-0.2, 0) is 11.0 Å².